The Labute approximate surface area is 93.3 Å². The lowest BCUT2D eigenvalue weighted by Gasteiger charge is -2.38. The number of hydrogen-bond donors (Lipinski definition) is 0. The minimum atomic E-state index is -0.759. The molecule has 0 aromatic carbocycles. The normalized spacial score (nSPS) is 13.4. The summed E-state index contributed by atoms with van der Waals surface area (Å²) in [7, 11) is -0.759. The Morgan fingerprint density at radius 1 is 0.846 bits per heavy atom. The van der Waals surface area contributed by atoms with Crippen molar-refractivity contribution < 1.29 is 0 Å². The maximum atomic E-state index is 3.62. The number of rotatable bonds is 5. The lowest BCUT2D eigenvalue weighted by Crippen LogP contribution is -2.26. The SMILES string of the molecule is CC(C)[P+](CCBr)(C(C)C)C(C)C. The first kappa shape index (κ1) is 13.9. The predicted octanol–water partition coefficient (Wildman–Crippen LogP) is 4.62. The van der Waals surface area contributed by atoms with E-state index < -0.39 is 7.26 Å². The Hall–Kier alpha value is 0.910. The Balaban J connectivity index is 4.82. The van der Waals surface area contributed by atoms with Gasteiger partial charge in [0.2, 0.25) is 0 Å². The molecule has 0 aliphatic heterocycles. The molecule has 0 aliphatic rings. The second kappa shape index (κ2) is 5.71. The predicted molar refractivity (Wildman–Crippen MR) is 71.0 cm³/mol. The maximum Gasteiger partial charge on any atom is 0.0698 e. The highest BCUT2D eigenvalue weighted by Crippen LogP contribution is 2.69. The molecule has 2 heteroatoms. The average molecular weight is 268 g/mol. The van der Waals surface area contributed by atoms with Crippen LogP contribution in [0.25, 0.3) is 0 Å². The van der Waals surface area contributed by atoms with Crippen molar-refractivity contribution >= 4 is 23.2 Å². The van der Waals surface area contributed by atoms with Gasteiger partial charge in [-0.15, -0.1) is 0 Å². The molecule has 0 saturated heterocycles. The van der Waals surface area contributed by atoms with Gasteiger partial charge in [-0.05, 0) is 41.5 Å². The van der Waals surface area contributed by atoms with Gasteiger partial charge in [-0.25, -0.2) is 0 Å². The van der Waals surface area contributed by atoms with Gasteiger partial charge in [-0.1, -0.05) is 15.9 Å². The van der Waals surface area contributed by atoms with E-state index in [0.717, 1.165) is 17.0 Å². The summed E-state index contributed by atoms with van der Waals surface area (Å²) < 4.78 is 0. The van der Waals surface area contributed by atoms with E-state index in [4.69, 9.17) is 0 Å². The highest BCUT2D eigenvalue weighted by molar-refractivity contribution is 9.09. The Morgan fingerprint density at radius 3 is 1.23 bits per heavy atom. The molecule has 0 heterocycles. The van der Waals surface area contributed by atoms with Crippen molar-refractivity contribution in [1.29, 1.82) is 0 Å². The quantitative estimate of drug-likeness (QED) is 0.504. The second-order valence-electron chi connectivity index (χ2n) is 4.69. The van der Waals surface area contributed by atoms with Crippen LogP contribution in [0, 0.1) is 0 Å². The van der Waals surface area contributed by atoms with E-state index in [2.05, 4.69) is 57.5 Å². The van der Waals surface area contributed by atoms with Gasteiger partial charge in [0.15, 0.2) is 0 Å². The standard InChI is InChI=1S/C11H25BrP/c1-9(2)13(8-7-12,10(3)4)11(5)6/h9-11H,7-8H2,1-6H3/q+1. The van der Waals surface area contributed by atoms with Crippen molar-refractivity contribution in [3.05, 3.63) is 0 Å². The molecule has 0 atom stereocenters. The summed E-state index contributed by atoms with van der Waals surface area (Å²) in [5.74, 6) is 0. The molecule has 0 unspecified atom stereocenters. The van der Waals surface area contributed by atoms with Crippen molar-refractivity contribution in [1.82, 2.24) is 0 Å². The maximum absolute atomic E-state index is 3.62. The van der Waals surface area contributed by atoms with E-state index in [-0.39, 0.29) is 0 Å². The first-order chi connectivity index (χ1) is 5.89. The van der Waals surface area contributed by atoms with Crippen LogP contribution in [-0.2, 0) is 0 Å². The third-order valence-electron chi connectivity index (χ3n) is 3.36. The van der Waals surface area contributed by atoms with E-state index in [1.54, 1.807) is 0 Å². The third-order valence-corrected chi connectivity index (χ3v) is 11.1. The molecule has 0 nitrogen and oxygen atoms in total. The van der Waals surface area contributed by atoms with Crippen LogP contribution in [0.15, 0.2) is 0 Å². The summed E-state index contributed by atoms with van der Waals surface area (Å²) in [6.45, 7) is 14.5. The van der Waals surface area contributed by atoms with Crippen molar-refractivity contribution in [2.75, 3.05) is 11.5 Å². The largest absolute Gasteiger partial charge is 0.0889 e. The van der Waals surface area contributed by atoms with Gasteiger partial charge in [0.05, 0.1) is 23.1 Å². The molecule has 0 amide bonds. The average Bonchev–Trinajstić information content (AvgIpc) is 1.97. The first-order valence-corrected chi connectivity index (χ1v) is 8.63. The molecule has 0 aromatic rings. The second-order valence-corrected chi connectivity index (χ2v) is 11.0. The third kappa shape index (κ3) is 2.93. The zero-order valence-electron chi connectivity index (χ0n) is 9.97. The highest BCUT2D eigenvalue weighted by Gasteiger charge is 2.46. The molecule has 0 N–H and O–H groups in total. The molecular weight excluding hydrogens is 243 g/mol. The molecule has 0 radical (unpaired) electrons. The monoisotopic (exact) mass is 267 g/mol. The van der Waals surface area contributed by atoms with E-state index in [0.29, 0.717) is 0 Å². The molecule has 0 bridgehead atoms. The molecule has 0 spiro atoms. The molecule has 0 saturated carbocycles. The van der Waals surface area contributed by atoms with E-state index in [1.807, 2.05) is 0 Å². The van der Waals surface area contributed by atoms with Crippen LogP contribution in [0.2, 0.25) is 0 Å². The fourth-order valence-corrected chi connectivity index (χ4v) is 9.97. The van der Waals surface area contributed by atoms with E-state index >= 15 is 0 Å². The van der Waals surface area contributed by atoms with Gasteiger partial charge in [-0.2, -0.15) is 0 Å². The smallest absolute Gasteiger partial charge is 0.0698 e. The fourth-order valence-electron chi connectivity index (χ4n) is 2.71. The molecule has 0 aromatic heterocycles. The van der Waals surface area contributed by atoms with Gasteiger partial charge >= 0.3 is 0 Å². The summed E-state index contributed by atoms with van der Waals surface area (Å²) in [4.78, 5) is 0. The fraction of sp³-hybridized carbons (Fsp3) is 1.00. The summed E-state index contributed by atoms with van der Waals surface area (Å²) in [6.07, 6.45) is 1.40. The van der Waals surface area contributed by atoms with Gasteiger partial charge in [0.1, 0.15) is 0 Å². The minimum absolute atomic E-state index is 0.759. The van der Waals surface area contributed by atoms with Crippen LogP contribution in [0.1, 0.15) is 41.5 Å². The Kier molecular flexibility index (Phi) is 6.11. The van der Waals surface area contributed by atoms with Crippen LogP contribution in [0.3, 0.4) is 0 Å². The zero-order valence-corrected chi connectivity index (χ0v) is 12.5. The van der Waals surface area contributed by atoms with Crippen molar-refractivity contribution in [3.8, 4) is 0 Å². The van der Waals surface area contributed by atoms with Crippen LogP contribution >= 0.6 is 23.2 Å². The van der Waals surface area contributed by atoms with Crippen LogP contribution in [0.4, 0.5) is 0 Å². The van der Waals surface area contributed by atoms with Crippen molar-refractivity contribution in [2.24, 2.45) is 0 Å². The van der Waals surface area contributed by atoms with Crippen LogP contribution in [-0.4, -0.2) is 28.5 Å². The topological polar surface area (TPSA) is 0 Å². The van der Waals surface area contributed by atoms with Gasteiger partial charge < -0.3 is 0 Å². The number of hydrogen-bond acceptors (Lipinski definition) is 0. The van der Waals surface area contributed by atoms with Gasteiger partial charge in [0.25, 0.3) is 0 Å². The molecule has 13 heavy (non-hydrogen) atoms. The molecule has 0 rings (SSSR count). The zero-order chi connectivity index (χ0) is 10.6. The summed E-state index contributed by atoms with van der Waals surface area (Å²) >= 11 is 3.62. The summed E-state index contributed by atoms with van der Waals surface area (Å²) in [5, 5.41) is 1.18. The highest BCUT2D eigenvalue weighted by atomic mass is 79.9. The molecule has 0 aliphatic carbocycles. The lowest BCUT2D eigenvalue weighted by molar-refractivity contribution is 0.906. The van der Waals surface area contributed by atoms with Crippen LogP contribution < -0.4 is 0 Å². The Morgan fingerprint density at radius 2 is 1.15 bits per heavy atom. The van der Waals surface area contributed by atoms with Crippen LogP contribution in [0.5, 0.6) is 0 Å². The number of halogens is 1. The Bertz CT molecular complexity index is 119. The first-order valence-electron chi connectivity index (χ1n) is 5.32. The molecular formula is C11H25BrP+. The lowest BCUT2D eigenvalue weighted by atomic mass is 10.5. The van der Waals surface area contributed by atoms with Crippen molar-refractivity contribution in [2.45, 2.75) is 58.5 Å². The minimum Gasteiger partial charge on any atom is -0.0889 e. The van der Waals surface area contributed by atoms with Gasteiger partial charge in [-0.3, -0.25) is 0 Å². The van der Waals surface area contributed by atoms with E-state index in [9.17, 15) is 0 Å². The molecule has 80 valence electrons. The van der Waals surface area contributed by atoms with E-state index in [1.165, 1.54) is 11.5 Å². The van der Waals surface area contributed by atoms with Crippen molar-refractivity contribution in [3.63, 3.8) is 0 Å². The number of alkyl halides is 1. The van der Waals surface area contributed by atoms with Gasteiger partial charge in [0, 0.05) is 12.6 Å². The molecule has 0 fully saturated rings. The summed E-state index contributed by atoms with van der Waals surface area (Å²) in [5.41, 5.74) is 2.64. The summed E-state index contributed by atoms with van der Waals surface area (Å²) in [6, 6.07) is 0.